The van der Waals surface area contributed by atoms with Crippen molar-refractivity contribution >= 4 is 15.9 Å². The van der Waals surface area contributed by atoms with Gasteiger partial charge in [-0.3, -0.25) is 0 Å². The highest BCUT2D eigenvalue weighted by Gasteiger charge is 2.20. The molecule has 0 saturated carbocycles. The molecule has 0 radical (unpaired) electrons. The normalized spacial score (nSPS) is 11.6. The summed E-state index contributed by atoms with van der Waals surface area (Å²) in [6, 6.07) is 5.86. The summed E-state index contributed by atoms with van der Waals surface area (Å²) in [6.45, 7) is 3.91. The molecule has 1 aromatic carbocycles. The third-order valence-electron chi connectivity index (χ3n) is 2.71. The van der Waals surface area contributed by atoms with Crippen LogP contribution >= 0.6 is 15.9 Å². The first-order chi connectivity index (χ1) is 8.43. The Morgan fingerprint density at radius 1 is 1.39 bits per heavy atom. The van der Waals surface area contributed by atoms with Crippen LogP contribution in [0.3, 0.4) is 0 Å². The molecule has 0 saturated heterocycles. The van der Waals surface area contributed by atoms with E-state index in [4.69, 9.17) is 10.5 Å². The fraction of sp³-hybridized carbons (Fsp3) is 0.308. The Labute approximate surface area is 115 Å². The van der Waals surface area contributed by atoms with Crippen LogP contribution in [0.1, 0.15) is 19.5 Å². The van der Waals surface area contributed by atoms with Gasteiger partial charge in [-0.2, -0.15) is 0 Å². The van der Waals surface area contributed by atoms with Crippen LogP contribution < -0.4 is 10.5 Å². The Morgan fingerprint density at radius 2 is 2.11 bits per heavy atom. The van der Waals surface area contributed by atoms with Crippen LogP contribution in [0.15, 0.2) is 35.2 Å². The second-order valence-electron chi connectivity index (χ2n) is 4.69. The Hall–Kier alpha value is -1.33. The Balaban J connectivity index is 2.50. The summed E-state index contributed by atoms with van der Waals surface area (Å²) in [5.74, 6) is 0.799. The zero-order valence-corrected chi connectivity index (χ0v) is 12.2. The number of methoxy groups -OCH3 is 1. The smallest absolute Gasteiger partial charge is 0.133 e. The summed E-state index contributed by atoms with van der Waals surface area (Å²) < 4.78 is 8.09. The first kappa shape index (κ1) is 13.1. The highest BCUT2D eigenvalue weighted by atomic mass is 79.9. The minimum Gasteiger partial charge on any atom is -0.496 e. The van der Waals surface area contributed by atoms with E-state index in [1.165, 1.54) is 0 Å². The molecule has 4 nitrogen and oxygen atoms in total. The van der Waals surface area contributed by atoms with Gasteiger partial charge in [0, 0.05) is 5.69 Å². The van der Waals surface area contributed by atoms with Gasteiger partial charge >= 0.3 is 0 Å². The molecule has 0 aliphatic rings. The van der Waals surface area contributed by atoms with Crippen molar-refractivity contribution in [3.05, 3.63) is 40.9 Å². The Bertz CT molecular complexity index is 558. The van der Waals surface area contributed by atoms with Gasteiger partial charge in [-0.1, -0.05) is 0 Å². The monoisotopic (exact) mass is 309 g/mol. The summed E-state index contributed by atoms with van der Waals surface area (Å²) in [7, 11) is 1.64. The highest BCUT2D eigenvalue weighted by molar-refractivity contribution is 9.10. The van der Waals surface area contributed by atoms with Gasteiger partial charge in [0.1, 0.15) is 5.75 Å². The third-order valence-corrected chi connectivity index (χ3v) is 3.33. The maximum atomic E-state index is 6.14. The molecule has 96 valence electrons. The summed E-state index contributed by atoms with van der Waals surface area (Å²) in [4.78, 5) is 4.17. The van der Waals surface area contributed by atoms with Crippen LogP contribution in [0, 0.1) is 0 Å². The number of hydrogen-bond acceptors (Lipinski definition) is 3. The maximum Gasteiger partial charge on any atom is 0.133 e. The molecule has 0 amide bonds. The molecule has 0 aliphatic carbocycles. The van der Waals surface area contributed by atoms with Crippen molar-refractivity contribution in [2.45, 2.75) is 19.4 Å². The molecule has 5 heteroatoms. The maximum absolute atomic E-state index is 6.14. The Kier molecular flexibility index (Phi) is 3.45. The van der Waals surface area contributed by atoms with Crippen LogP contribution in [0.25, 0.3) is 5.69 Å². The molecule has 0 fully saturated rings. The number of aromatic nitrogens is 2. The molecule has 18 heavy (non-hydrogen) atoms. The summed E-state index contributed by atoms with van der Waals surface area (Å²) in [5, 5.41) is 0. The lowest BCUT2D eigenvalue weighted by atomic mass is 10.0. The van der Waals surface area contributed by atoms with Gasteiger partial charge < -0.3 is 15.0 Å². The van der Waals surface area contributed by atoms with E-state index in [0.717, 1.165) is 21.6 Å². The van der Waals surface area contributed by atoms with E-state index >= 15 is 0 Å². The van der Waals surface area contributed by atoms with Gasteiger partial charge in [0.25, 0.3) is 0 Å². The van der Waals surface area contributed by atoms with Crippen molar-refractivity contribution in [2.75, 3.05) is 7.11 Å². The van der Waals surface area contributed by atoms with Gasteiger partial charge in [0.15, 0.2) is 0 Å². The molecule has 1 aromatic heterocycles. The molecule has 2 N–H and O–H groups in total. The minimum atomic E-state index is -0.442. The average molecular weight is 310 g/mol. The second-order valence-corrected chi connectivity index (χ2v) is 5.54. The van der Waals surface area contributed by atoms with Crippen LogP contribution in [-0.2, 0) is 5.54 Å². The fourth-order valence-electron chi connectivity index (χ4n) is 1.78. The van der Waals surface area contributed by atoms with Crippen molar-refractivity contribution in [3.63, 3.8) is 0 Å². The SMILES string of the molecule is COc1ccc(-n2cncc2C(C)(C)N)cc1Br. The molecule has 0 spiro atoms. The molecular weight excluding hydrogens is 294 g/mol. The number of imidazole rings is 1. The molecular formula is C13H16BrN3O. The van der Waals surface area contributed by atoms with E-state index in [1.54, 1.807) is 19.6 Å². The standard InChI is InChI=1S/C13H16BrN3O/c1-13(2,15)12-7-16-8-17(12)9-4-5-11(18-3)10(14)6-9/h4-8H,15H2,1-3H3. The van der Waals surface area contributed by atoms with Crippen LogP contribution in [0.5, 0.6) is 5.75 Å². The van der Waals surface area contributed by atoms with Crippen LogP contribution in [0.2, 0.25) is 0 Å². The van der Waals surface area contributed by atoms with Gasteiger partial charge in [-0.25, -0.2) is 4.98 Å². The third kappa shape index (κ3) is 2.42. The van der Waals surface area contributed by atoms with Crippen LogP contribution in [0.4, 0.5) is 0 Å². The number of ether oxygens (including phenoxy) is 1. The molecule has 0 unspecified atom stereocenters. The number of halogens is 1. The second kappa shape index (κ2) is 4.74. The number of rotatable bonds is 3. The first-order valence-electron chi connectivity index (χ1n) is 5.59. The lowest BCUT2D eigenvalue weighted by Gasteiger charge is -2.21. The first-order valence-corrected chi connectivity index (χ1v) is 6.38. The molecule has 0 aliphatic heterocycles. The van der Waals surface area contributed by atoms with Crippen molar-refractivity contribution in [1.29, 1.82) is 0 Å². The van der Waals surface area contributed by atoms with E-state index in [9.17, 15) is 0 Å². The van der Waals surface area contributed by atoms with Gasteiger partial charge in [-0.05, 0) is 48.0 Å². The van der Waals surface area contributed by atoms with E-state index in [-0.39, 0.29) is 0 Å². The van der Waals surface area contributed by atoms with E-state index in [0.29, 0.717) is 0 Å². The van der Waals surface area contributed by atoms with Gasteiger partial charge in [0.05, 0.1) is 35.3 Å². The summed E-state index contributed by atoms with van der Waals surface area (Å²) >= 11 is 3.48. The highest BCUT2D eigenvalue weighted by Crippen LogP contribution is 2.29. The van der Waals surface area contributed by atoms with Crippen molar-refractivity contribution < 1.29 is 4.74 Å². The van der Waals surface area contributed by atoms with E-state index < -0.39 is 5.54 Å². The van der Waals surface area contributed by atoms with Crippen LogP contribution in [-0.4, -0.2) is 16.7 Å². The molecule has 2 aromatic rings. The predicted molar refractivity (Wildman–Crippen MR) is 75.0 cm³/mol. The number of benzene rings is 1. The van der Waals surface area contributed by atoms with Gasteiger partial charge in [-0.15, -0.1) is 0 Å². The zero-order chi connectivity index (χ0) is 13.3. The van der Waals surface area contributed by atoms with E-state index in [2.05, 4.69) is 20.9 Å². The van der Waals surface area contributed by atoms with Crippen molar-refractivity contribution in [2.24, 2.45) is 5.73 Å². The Morgan fingerprint density at radius 3 is 2.67 bits per heavy atom. The number of nitrogens with two attached hydrogens (primary N) is 1. The number of nitrogens with zero attached hydrogens (tertiary/aromatic N) is 2. The lowest BCUT2D eigenvalue weighted by molar-refractivity contribution is 0.412. The fourth-order valence-corrected chi connectivity index (χ4v) is 2.31. The summed E-state index contributed by atoms with van der Waals surface area (Å²) in [5.41, 5.74) is 7.65. The lowest BCUT2D eigenvalue weighted by Crippen LogP contribution is -2.31. The minimum absolute atomic E-state index is 0.442. The largest absolute Gasteiger partial charge is 0.496 e. The van der Waals surface area contributed by atoms with E-state index in [1.807, 2.05) is 36.6 Å². The molecule has 1 heterocycles. The van der Waals surface area contributed by atoms with Gasteiger partial charge in [0.2, 0.25) is 0 Å². The molecule has 2 rings (SSSR count). The molecule has 0 atom stereocenters. The topological polar surface area (TPSA) is 53.1 Å². The average Bonchev–Trinajstić information content (AvgIpc) is 2.77. The number of hydrogen-bond donors (Lipinski definition) is 1. The molecule has 0 bridgehead atoms. The summed E-state index contributed by atoms with van der Waals surface area (Å²) in [6.07, 6.45) is 3.55. The zero-order valence-electron chi connectivity index (χ0n) is 10.6. The quantitative estimate of drug-likeness (QED) is 0.948. The predicted octanol–water partition coefficient (Wildman–Crippen LogP) is 2.84. The van der Waals surface area contributed by atoms with Crippen molar-refractivity contribution in [1.82, 2.24) is 9.55 Å². The van der Waals surface area contributed by atoms with Crippen molar-refractivity contribution in [3.8, 4) is 11.4 Å².